The summed E-state index contributed by atoms with van der Waals surface area (Å²) in [6.07, 6.45) is 0. The molecule has 0 unspecified atom stereocenters. The van der Waals surface area contributed by atoms with Crippen LogP contribution in [-0.4, -0.2) is 18.4 Å². The summed E-state index contributed by atoms with van der Waals surface area (Å²) < 4.78 is 5.69. The van der Waals surface area contributed by atoms with Crippen LogP contribution in [-0.2, 0) is 10.2 Å². The van der Waals surface area contributed by atoms with Crippen LogP contribution in [0.1, 0.15) is 47.8 Å². The van der Waals surface area contributed by atoms with Crippen LogP contribution in [0.25, 0.3) is 0 Å². The third kappa shape index (κ3) is 5.97. The number of benzene rings is 3. The van der Waals surface area contributed by atoms with Crippen LogP contribution in [0.15, 0.2) is 66.7 Å². The van der Waals surface area contributed by atoms with Gasteiger partial charge in [-0.1, -0.05) is 51.1 Å². The van der Waals surface area contributed by atoms with Gasteiger partial charge in [0.05, 0.1) is 0 Å². The van der Waals surface area contributed by atoms with Crippen molar-refractivity contribution in [2.45, 2.75) is 40.0 Å². The first-order chi connectivity index (χ1) is 15.1. The molecule has 0 saturated carbocycles. The van der Waals surface area contributed by atoms with Crippen molar-refractivity contribution in [2.75, 3.05) is 17.2 Å². The Bertz CT molecular complexity index is 1070. The van der Waals surface area contributed by atoms with Gasteiger partial charge >= 0.3 is 0 Å². The molecule has 0 aliphatic carbocycles. The fourth-order valence-corrected chi connectivity index (χ4v) is 3.32. The van der Waals surface area contributed by atoms with Crippen molar-refractivity contribution in [2.24, 2.45) is 0 Å². The second-order valence-corrected chi connectivity index (χ2v) is 8.92. The Morgan fingerprint density at radius 2 is 1.31 bits per heavy atom. The summed E-state index contributed by atoms with van der Waals surface area (Å²) in [5.74, 6) is 0.309. The fraction of sp³-hybridized carbons (Fsp3) is 0.259. The molecule has 3 aromatic rings. The van der Waals surface area contributed by atoms with Crippen molar-refractivity contribution >= 4 is 23.2 Å². The number of carbonyl (C=O) groups excluding carboxylic acids is 2. The summed E-state index contributed by atoms with van der Waals surface area (Å²) in [5, 5.41) is 5.69. The maximum Gasteiger partial charge on any atom is 0.262 e. The zero-order valence-electron chi connectivity index (χ0n) is 19.3. The highest BCUT2D eigenvalue weighted by molar-refractivity contribution is 6.04. The molecule has 0 heterocycles. The summed E-state index contributed by atoms with van der Waals surface area (Å²) in [4.78, 5) is 24.8. The molecule has 3 aromatic carbocycles. The molecule has 0 spiro atoms. The van der Waals surface area contributed by atoms with Crippen LogP contribution >= 0.6 is 0 Å². The molecule has 32 heavy (non-hydrogen) atoms. The second kappa shape index (κ2) is 9.69. The maximum absolute atomic E-state index is 12.5. The highest BCUT2D eigenvalue weighted by Crippen LogP contribution is 2.23. The van der Waals surface area contributed by atoms with E-state index in [1.807, 2.05) is 56.3 Å². The first-order valence-electron chi connectivity index (χ1n) is 10.6. The van der Waals surface area contributed by atoms with Crippen molar-refractivity contribution in [3.63, 3.8) is 0 Å². The third-order valence-corrected chi connectivity index (χ3v) is 5.20. The Labute approximate surface area is 189 Å². The first kappa shape index (κ1) is 23.1. The summed E-state index contributed by atoms with van der Waals surface area (Å²) in [5.41, 5.74) is 5.08. The standard InChI is InChI=1S/C27H30N2O3/c1-18-7-6-8-19(2)25(18)32-17-24(30)28-22-13-15-23(16-14-22)29-26(31)20-9-11-21(12-10-20)27(3,4)5/h6-16H,17H2,1-5H3,(H,28,30)(H,29,31). The maximum atomic E-state index is 12.5. The van der Waals surface area contributed by atoms with Crippen LogP contribution in [0.5, 0.6) is 5.75 Å². The van der Waals surface area contributed by atoms with Crippen molar-refractivity contribution in [3.05, 3.63) is 89.0 Å². The summed E-state index contributed by atoms with van der Waals surface area (Å²) in [7, 11) is 0. The smallest absolute Gasteiger partial charge is 0.262 e. The molecule has 3 rings (SSSR count). The number of rotatable bonds is 6. The largest absolute Gasteiger partial charge is 0.483 e. The predicted molar refractivity (Wildman–Crippen MR) is 130 cm³/mol. The Balaban J connectivity index is 1.54. The molecule has 2 amide bonds. The van der Waals surface area contributed by atoms with Gasteiger partial charge in [-0.15, -0.1) is 0 Å². The van der Waals surface area contributed by atoms with Gasteiger partial charge in [-0.2, -0.15) is 0 Å². The van der Waals surface area contributed by atoms with Gasteiger partial charge in [0.2, 0.25) is 0 Å². The van der Waals surface area contributed by atoms with Crippen LogP contribution in [0.4, 0.5) is 11.4 Å². The molecule has 0 aliphatic rings. The molecule has 0 saturated heterocycles. The van der Waals surface area contributed by atoms with Crippen molar-refractivity contribution < 1.29 is 14.3 Å². The van der Waals surface area contributed by atoms with Crippen LogP contribution in [0.3, 0.4) is 0 Å². The van der Waals surface area contributed by atoms with E-state index >= 15 is 0 Å². The number of ether oxygens (including phenoxy) is 1. The minimum Gasteiger partial charge on any atom is -0.483 e. The van der Waals surface area contributed by atoms with Gasteiger partial charge in [0, 0.05) is 16.9 Å². The lowest BCUT2D eigenvalue weighted by atomic mass is 9.87. The summed E-state index contributed by atoms with van der Waals surface area (Å²) in [6.45, 7) is 10.2. The molecular weight excluding hydrogens is 400 g/mol. The van der Waals surface area contributed by atoms with E-state index in [0.29, 0.717) is 16.9 Å². The Kier molecular flexibility index (Phi) is 6.98. The zero-order valence-corrected chi connectivity index (χ0v) is 19.3. The normalized spacial score (nSPS) is 11.0. The average molecular weight is 431 g/mol. The minimum absolute atomic E-state index is 0.0407. The molecule has 5 nitrogen and oxygen atoms in total. The van der Waals surface area contributed by atoms with E-state index in [2.05, 4.69) is 31.4 Å². The monoisotopic (exact) mass is 430 g/mol. The molecule has 0 bridgehead atoms. The van der Waals surface area contributed by atoms with Crippen LogP contribution in [0.2, 0.25) is 0 Å². The quantitative estimate of drug-likeness (QED) is 0.514. The molecule has 0 aliphatic heterocycles. The first-order valence-corrected chi connectivity index (χ1v) is 10.6. The average Bonchev–Trinajstić information content (AvgIpc) is 2.74. The van der Waals surface area contributed by atoms with E-state index < -0.39 is 0 Å². The van der Waals surface area contributed by atoms with Gasteiger partial charge in [-0.25, -0.2) is 0 Å². The van der Waals surface area contributed by atoms with Crippen molar-refractivity contribution in [3.8, 4) is 5.75 Å². The van der Waals surface area contributed by atoms with Gasteiger partial charge in [0.25, 0.3) is 11.8 Å². The van der Waals surface area contributed by atoms with E-state index in [9.17, 15) is 9.59 Å². The SMILES string of the molecule is Cc1cccc(C)c1OCC(=O)Nc1ccc(NC(=O)c2ccc(C(C)(C)C)cc2)cc1. The van der Waals surface area contributed by atoms with Crippen molar-refractivity contribution in [1.82, 2.24) is 0 Å². The van der Waals surface area contributed by atoms with E-state index in [-0.39, 0.29) is 23.8 Å². The third-order valence-electron chi connectivity index (χ3n) is 5.20. The Hall–Kier alpha value is -3.60. The minimum atomic E-state index is -0.247. The van der Waals surface area contributed by atoms with Gasteiger partial charge in [0.1, 0.15) is 5.75 Å². The highest BCUT2D eigenvalue weighted by Gasteiger charge is 2.14. The van der Waals surface area contributed by atoms with Crippen LogP contribution < -0.4 is 15.4 Å². The Morgan fingerprint density at radius 3 is 1.84 bits per heavy atom. The topological polar surface area (TPSA) is 67.4 Å². The molecule has 0 radical (unpaired) electrons. The van der Waals surface area contributed by atoms with E-state index in [4.69, 9.17) is 4.74 Å². The molecule has 0 fully saturated rings. The van der Waals surface area contributed by atoms with Crippen LogP contribution in [0, 0.1) is 13.8 Å². The number of carbonyl (C=O) groups is 2. The molecule has 166 valence electrons. The number of para-hydroxylation sites is 1. The van der Waals surface area contributed by atoms with Gasteiger partial charge < -0.3 is 15.4 Å². The number of anilines is 2. The molecule has 5 heteroatoms. The number of aryl methyl sites for hydroxylation is 2. The summed E-state index contributed by atoms with van der Waals surface area (Å²) >= 11 is 0. The lowest BCUT2D eigenvalue weighted by Crippen LogP contribution is -2.20. The molecular formula is C27H30N2O3. The number of amides is 2. The van der Waals surface area contributed by atoms with E-state index in [0.717, 1.165) is 16.9 Å². The van der Waals surface area contributed by atoms with Gasteiger partial charge in [0.15, 0.2) is 6.61 Å². The fourth-order valence-electron chi connectivity index (χ4n) is 3.32. The zero-order chi connectivity index (χ0) is 23.3. The molecule has 0 atom stereocenters. The second-order valence-electron chi connectivity index (χ2n) is 8.92. The number of hydrogen-bond acceptors (Lipinski definition) is 3. The summed E-state index contributed by atoms with van der Waals surface area (Å²) in [6, 6.07) is 20.5. The van der Waals surface area contributed by atoms with Gasteiger partial charge in [-0.05, 0) is 72.4 Å². The highest BCUT2D eigenvalue weighted by atomic mass is 16.5. The predicted octanol–water partition coefficient (Wildman–Crippen LogP) is 5.87. The Morgan fingerprint density at radius 1 is 0.781 bits per heavy atom. The number of hydrogen-bond donors (Lipinski definition) is 2. The molecule has 2 N–H and O–H groups in total. The van der Waals surface area contributed by atoms with Gasteiger partial charge in [-0.3, -0.25) is 9.59 Å². The lowest BCUT2D eigenvalue weighted by molar-refractivity contribution is -0.118. The number of nitrogens with one attached hydrogen (secondary N) is 2. The lowest BCUT2D eigenvalue weighted by Gasteiger charge is -2.19. The van der Waals surface area contributed by atoms with Crippen molar-refractivity contribution in [1.29, 1.82) is 0 Å². The molecule has 0 aromatic heterocycles. The van der Waals surface area contributed by atoms with E-state index in [1.165, 1.54) is 5.56 Å². The van der Waals surface area contributed by atoms with E-state index in [1.54, 1.807) is 24.3 Å².